The molecule has 1 aromatic heterocycles. The third-order valence-corrected chi connectivity index (χ3v) is 1.76. The van der Waals surface area contributed by atoms with Gasteiger partial charge in [0.1, 0.15) is 0 Å². The van der Waals surface area contributed by atoms with Gasteiger partial charge in [-0.05, 0) is 34.6 Å². The Kier molecular flexibility index (Phi) is 1.74. The van der Waals surface area contributed by atoms with Gasteiger partial charge in [-0.25, -0.2) is 4.68 Å². The standard InChI is InChI=1S/C8H15N3/c1-6-7(2)11(10-9-6)8(3,4)5/h1-5H3. The second-order valence-corrected chi connectivity index (χ2v) is 3.84. The minimum Gasteiger partial charge on any atom is -0.244 e. The molecule has 62 valence electrons. The van der Waals surface area contributed by atoms with E-state index in [9.17, 15) is 0 Å². The van der Waals surface area contributed by atoms with Crippen LogP contribution in [-0.4, -0.2) is 15.0 Å². The summed E-state index contributed by atoms with van der Waals surface area (Å²) in [6, 6.07) is 0. The fraction of sp³-hybridized carbons (Fsp3) is 0.750. The number of nitrogens with zero attached hydrogens (tertiary/aromatic N) is 3. The molecule has 0 spiro atoms. The lowest BCUT2D eigenvalue weighted by Crippen LogP contribution is -2.24. The zero-order valence-electron chi connectivity index (χ0n) is 7.84. The molecule has 0 aliphatic heterocycles. The van der Waals surface area contributed by atoms with Crippen molar-refractivity contribution in [2.45, 2.75) is 40.2 Å². The first-order valence-electron chi connectivity index (χ1n) is 3.82. The zero-order chi connectivity index (χ0) is 8.65. The average molecular weight is 153 g/mol. The molecule has 0 bridgehead atoms. The molecular formula is C8H15N3. The molecule has 0 saturated heterocycles. The van der Waals surface area contributed by atoms with E-state index in [1.807, 2.05) is 18.5 Å². The smallest absolute Gasteiger partial charge is 0.0825 e. The molecule has 1 heterocycles. The predicted octanol–water partition coefficient (Wildman–Crippen LogP) is 1.65. The molecule has 11 heavy (non-hydrogen) atoms. The highest BCUT2D eigenvalue weighted by Crippen LogP contribution is 2.15. The third-order valence-electron chi connectivity index (χ3n) is 1.76. The SMILES string of the molecule is Cc1nnn(C(C)(C)C)c1C. The van der Waals surface area contributed by atoms with Crippen molar-refractivity contribution >= 4 is 0 Å². The molecule has 3 heteroatoms. The highest BCUT2D eigenvalue weighted by molar-refractivity contribution is 5.06. The highest BCUT2D eigenvalue weighted by Gasteiger charge is 2.17. The maximum absolute atomic E-state index is 4.05. The Labute approximate surface area is 67.4 Å². The topological polar surface area (TPSA) is 30.7 Å². The van der Waals surface area contributed by atoms with Crippen LogP contribution in [0.3, 0.4) is 0 Å². The van der Waals surface area contributed by atoms with Crippen molar-refractivity contribution < 1.29 is 0 Å². The van der Waals surface area contributed by atoms with E-state index in [0.717, 1.165) is 11.4 Å². The summed E-state index contributed by atoms with van der Waals surface area (Å²) in [5.74, 6) is 0. The normalized spacial score (nSPS) is 12.1. The van der Waals surface area contributed by atoms with Gasteiger partial charge in [0, 0.05) is 0 Å². The van der Waals surface area contributed by atoms with Gasteiger partial charge in [0.15, 0.2) is 0 Å². The molecule has 0 saturated carbocycles. The van der Waals surface area contributed by atoms with Crippen molar-refractivity contribution in [3.05, 3.63) is 11.4 Å². The van der Waals surface area contributed by atoms with Gasteiger partial charge >= 0.3 is 0 Å². The molecule has 0 aliphatic carbocycles. The largest absolute Gasteiger partial charge is 0.244 e. The maximum atomic E-state index is 4.05. The summed E-state index contributed by atoms with van der Waals surface area (Å²) >= 11 is 0. The van der Waals surface area contributed by atoms with Crippen LogP contribution in [0.4, 0.5) is 0 Å². The second-order valence-electron chi connectivity index (χ2n) is 3.84. The van der Waals surface area contributed by atoms with Crippen molar-refractivity contribution in [2.24, 2.45) is 0 Å². The summed E-state index contributed by atoms with van der Waals surface area (Å²) in [7, 11) is 0. The van der Waals surface area contributed by atoms with Gasteiger partial charge in [0.2, 0.25) is 0 Å². The molecule has 0 radical (unpaired) electrons. The lowest BCUT2D eigenvalue weighted by molar-refractivity contribution is 0.339. The molecule has 0 aromatic carbocycles. The molecule has 0 N–H and O–H groups in total. The summed E-state index contributed by atoms with van der Waals surface area (Å²) in [5.41, 5.74) is 2.21. The average Bonchev–Trinajstić information content (AvgIpc) is 2.11. The Hall–Kier alpha value is -0.860. The molecule has 0 aliphatic rings. The van der Waals surface area contributed by atoms with Crippen LogP contribution in [0.5, 0.6) is 0 Å². The first-order valence-corrected chi connectivity index (χ1v) is 3.82. The van der Waals surface area contributed by atoms with Crippen LogP contribution in [0.25, 0.3) is 0 Å². The van der Waals surface area contributed by atoms with E-state index in [1.54, 1.807) is 0 Å². The van der Waals surface area contributed by atoms with Gasteiger partial charge in [0.25, 0.3) is 0 Å². The van der Waals surface area contributed by atoms with E-state index < -0.39 is 0 Å². The van der Waals surface area contributed by atoms with Gasteiger partial charge in [0.05, 0.1) is 16.9 Å². The van der Waals surface area contributed by atoms with E-state index in [-0.39, 0.29) is 5.54 Å². The first-order chi connectivity index (χ1) is 4.93. The first kappa shape index (κ1) is 8.24. The molecule has 1 aromatic rings. The Morgan fingerprint density at radius 1 is 1.18 bits per heavy atom. The fourth-order valence-corrected chi connectivity index (χ4v) is 1.04. The summed E-state index contributed by atoms with van der Waals surface area (Å²) in [6.07, 6.45) is 0. The van der Waals surface area contributed by atoms with Crippen molar-refractivity contribution in [1.29, 1.82) is 0 Å². The number of rotatable bonds is 0. The molecule has 1 rings (SSSR count). The van der Waals surface area contributed by atoms with Crippen LogP contribution >= 0.6 is 0 Å². The highest BCUT2D eigenvalue weighted by atomic mass is 15.5. The lowest BCUT2D eigenvalue weighted by atomic mass is 10.1. The van der Waals surface area contributed by atoms with Crippen molar-refractivity contribution in [3.63, 3.8) is 0 Å². The Balaban J connectivity index is 3.15. The zero-order valence-corrected chi connectivity index (χ0v) is 7.84. The van der Waals surface area contributed by atoms with Crippen LogP contribution in [0, 0.1) is 13.8 Å². The van der Waals surface area contributed by atoms with E-state index in [1.165, 1.54) is 0 Å². The number of aryl methyl sites for hydroxylation is 1. The van der Waals surface area contributed by atoms with Gasteiger partial charge < -0.3 is 0 Å². The van der Waals surface area contributed by atoms with E-state index >= 15 is 0 Å². The number of aromatic nitrogens is 3. The van der Waals surface area contributed by atoms with Crippen LogP contribution in [0.1, 0.15) is 32.2 Å². The van der Waals surface area contributed by atoms with Crippen molar-refractivity contribution in [2.75, 3.05) is 0 Å². The molecule has 0 unspecified atom stereocenters. The Morgan fingerprint density at radius 2 is 1.73 bits per heavy atom. The van der Waals surface area contributed by atoms with Crippen LogP contribution in [0.2, 0.25) is 0 Å². The monoisotopic (exact) mass is 153 g/mol. The quantitative estimate of drug-likeness (QED) is 0.567. The maximum Gasteiger partial charge on any atom is 0.0825 e. The molecule has 3 nitrogen and oxygen atoms in total. The van der Waals surface area contributed by atoms with Crippen molar-refractivity contribution in [3.8, 4) is 0 Å². The Morgan fingerprint density at radius 3 is 1.91 bits per heavy atom. The molecular weight excluding hydrogens is 138 g/mol. The van der Waals surface area contributed by atoms with Gasteiger partial charge in [-0.15, -0.1) is 5.10 Å². The summed E-state index contributed by atoms with van der Waals surface area (Å²) in [4.78, 5) is 0. The predicted molar refractivity (Wildman–Crippen MR) is 44.5 cm³/mol. The minimum absolute atomic E-state index is 0.0470. The molecule has 0 fully saturated rings. The van der Waals surface area contributed by atoms with Crippen LogP contribution in [0.15, 0.2) is 0 Å². The number of hydrogen-bond donors (Lipinski definition) is 0. The second kappa shape index (κ2) is 2.32. The summed E-state index contributed by atoms with van der Waals surface area (Å²) < 4.78 is 1.95. The van der Waals surface area contributed by atoms with Crippen molar-refractivity contribution in [1.82, 2.24) is 15.0 Å². The van der Waals surface area contributed by atoms with Gasteiger partial charge in [-0.3, -0.25) is 0 Å². The third kappa shape index (κ3) is 1.42. The molecule has 0 amide bonds. The summed E-state index contributed by atoms with van der Waals surface area (Å²) in [5, 5.41) is 8.05. The van der Waals surface area contributed by atoms with E-state index in [0.29, 0.717) is 0 Å². The van der Waals surface area contributed by atoms with E-state index in [2.05, 4.69) is 31.1 Å². The minimum atomic E-state index is 0.0470. The Bertz CT molecular complexity index is 255. The molecule has 0 atom stereocenters. The van der Waals surface area contributed by atoms with E-state index in [4.69, 9.17) is 0 Å². The van der Waals surface area contributed by atoms with Crippen LogP contribution < -0.4 is 0 Å². The lowest BCUT2D eigenvalue weighted by Gasteiger charge is -2.19. The summed E-state index contributed by atoms with van der Waals surface area (Å²) in [6.45, 7) is 10.4. The number of hydrogen-bond acceptors (Lipinski definition) is 2. The fourth-order valence-electron chi connectivity index (χ4n) is 1.04. The van der Waals surface area contributed by atoms with Gasteiger partial charge in [-0.2, -0.15) is 0 Å². The van der Waals surface area contributed by atoms with Crippen LogP contribution in [-0.2, 0) is 5.54 Å². The van der Waals surface area contributed by atoms with Gasteiger partial charge in [-0.1, -0.05) is 5.21 Å².